The minimum absolute atomic E-state index is 0.00375. The second-order valence-electron chi connectivity index (χ2n) is 24.1. The summed E-state index contributed by atoms with van der Waals surface area (Å²) in [5.41, 5.74) is -3.89. The van der Waals surface area contributed by atoms with Gasteiger partial charge in [-0.25, -0.2) is 48.7 Å². The number of nitrogens with zero attached hydrogens (tertiary/aromatic N) is 14. The fourth-order valence-electron chi connectivity index (χ4n) is 11.0. The van der Waals surface area contributed by atoms with Gasteiger partial charge in [0.05, 0.1) is 81.4 Å². The van der Waals surface area contributed by atoms with Crippen LogP contribution in [0, 0.1) is 0 Å². The molecule has 0 fully saturated rings. The average molecular weight is 1700 g/mol. The van der Waals surface area contributed by atoms with E-state index in [2.05, 4.69) is 80.3 Å². The number of aromatic amines is 4. The molecule has 0 saturated heterocycles. The predicted molar refractivity (Wildman–Crippen MR) is 404 cm³/mol. The Balaban J connectivity index is 0.899. The van der Waals surface area contributed by atoms with E-state index < -0.39 is 114 Å². The van der Waals surface area contributed by atoms with Crippen LogP contribution in [0.25, 0.3) is 45.6 Å². The predicted octanol–water partition coefficient (Wildman–Crippen LogP) is 8.67. The lowest BCUT2D eigenvalue weighted by Crippen LogP contribution is -2.40. The zero-order valence-electron chi connectivity index (χ0n) is 58.4. The van der Waals surface area contributed by atoms with Crippen LogP contribution in [0.2, 0.25) is 0 Å². The van der Waals surface area contributed by atoms with Gasteiger partial charge in [-0.1, -0.05) is 48.6 Å². The Morgan fingerprint density at radius 2 is 0.698 bits per heavy atom. The fourth-order valence-corrected chi connectivity index (χ4v) is 15.3. The summed E-state index contributed by atoms with van der Waals surface area (Å²) in [6, 6.07) is 30.0. The number of nitrogens with one attached hydrogen (secondary N) is 4. The first-order valence-electron chi connectivity index (χ1n) is 32.1. The van der Waals surface area contributed by atoms with Gasteiger partial charge < -0.3 is 20.4 Å². The van der Waals surface area contributed by atoms with Gasteiger partial charge in [0.15, 0.2) is 11.8 Å². The van der Waals surface area contributed by atoms with Crippen molar-refractivity contribution in [2.24, 2.45) is 50.4 Å². The molecule has 0 bridgehead atoms. The van der Waals surface area contributed by atoms with E-state index in [4.69, 9.17) is 0 Å². The number of aromatic nitrogens is 8. The van der Waals surface area contributed by atoms with Gasteiger partial charge in [0.25, 0.3) is 71.9 Å². The fraction of sp³-hybridized carbons (Fsp3) is 0.0294. The Bertz CT molecular complexity index is 6990. The highest BCUT2D eigenvalue weighted by atomic mass is 32.2. The number of carboxylic acids is 2. The van der Waals surface area contributed by atoms with Crippen LogP contribution >= 0.6 is 0 Å². The molecule has 12 rings (SSSR count). The number of benzene rings is 8. The number of aliphatic hydroxyl groups excluding tert-OH is 2. The van der Waals surface area contributed by atoms with Crippen molar-refractivity contribution in [2.45, 2.75) is 43.2 Å². The van der Waals surface area contributed by atoms with Gasteiger partial charge >= 0.3 is 35.1 Å². The highest BCUT2D eigenvalue weighted by Crippen LogP contribution is 2.40. The van der Waals surface area contributed by atoms with Crippen LogP contribution in [0.3, 0.4) is 0 Å². The van der Waals surface area contributed by atoms with Crippen LogP contribution < -0.4 is 31.6 Å². The third-order valence-corrected chi connectivity index (χ3v) is 21.2. The lowest BCUT2D eigenvalue weighted by molar-refractivity contribution is -0.604. The second kappa shape index (κ2) is 31.9. The van der Waals surface area contributed by atoms with E-state index in [0.717, 1.165) is 97.3 Å². The maximum Gasteiger partial charge on any atom is 0.407 e. The molecule has 0 unspecified atom stereocenters. The smallest absolute Gasteiger partial charge is 0.407 e. The zero-order valence-corrected chi connectivity index (χ0v) is 63.3. The summed E-state index contributed by atoms with van der Waals surface area (Å²) >= 11 is 0. The van der Waals surface area contributed by atoms with Crippen molar-refractivity contribution in [1.82, 2.24) is 29.9 Å². The average Bonchev–Trinajstić information content (AvgIpc) is 0.762. The van der Waals surface area contributed by atoms with Gasteiger partial charge in [-0.3, -0.25) is 37.3 Å². The van der Waals surface area contributed by atoms with E-state index in [0.29, 0.717) is 0 Å². The molecule has 42 nitrogen and oxygen atoms in total. The molecule has 0 saturated carbocycles. The van der Waals surface area contributed by atoms with Crippen molar-refractivity contribution in [3.05, 3.63) is 227 Å². The van der Waals surface area contributed by atoms with Crippen molar-refractivity contribution in [2.75, 3.05) is 0 Å². The monoisotopic (exact) mass is 1700 g/mol. The Kier molecular flexibility index (Phi) is 22.4. The summed E-state index contributed by atoms with van der Waals surface area (Å²) < 4.78 is 216. The number of pyridine rings is 2. The molecule has 0 aliphatic rings. The molecule has 116 heavy (non-hydrogen) atoms. The van der Waals surface area contributed by atoms with E-state index >= 15 is 0 Å². The molecule has 4 aromatic heterocycles. The number of rotatable bonds is 22. The van der Waals surface area contributed by atoms with Crippen molar-refractivity contribution in [3.63, 3.8) is 0 Å². The summed E-state index contributed by atoms with van der Waals surface area (Å²) in [5.74, 6) is -4.09. The van der Waals surface area contributed by atoms with Crippen LogP contribution in [-0.4, -0.2) is 152 Å². The van der Waals surface area contributed by atoms with E-state index in [-0.39, 0.29) is 135 Å². The van der Waals surface area contributed by atoms with Crippen molar-refractivity contribution < 1.29 is 117 Å². The number of H-pyrrole nitrogens is 4. The molecule has 0 aliphatic heterocycles. The van der Waals surface area contributed by atoms with Crippen LogP contribution in [0.15, 0.2) is 262 Å². The largest absolute Gasteiger partial charge is 0.497 e. The maximum atomic E-state index is 13.2. The highest BCUT2D eigenvalue weighted by molar-refractivity contribution is 7.87. The number of azo groups is 2. The number of hydrogen-bond donors (Lipinski definition) is 14. The lowest BCUT2D eigenvalue weighted by Gasteiger charge is -2.09. The molecule has 0 amide bonds. The van der Waals surface area contributed by atoms with Gasteiger partial charge in [-0.05, 0) is 142 Å². The molecule has 12 aromatic rings. The van der Waals surface area contributed by atoms with Gasteiger partial charge in [0, 0.05) is 35.4 Å². The number of hydrogen-bond acceptors (Lipinski definition) is 26. The van der Waals surface area contributed by atoms with Gasteiger partial charge in [-0.15, -0.1) is 10.2 Å². The first kappa shape index (κ1) is 81.6. The van der Waals surface area contributed by atoms with E-state index in [1.165, 1.54) is 120 Å². The van der Waals surface area contributed by atoms with Gasteiger partial charge in [-0.2, -0.15) is 70.7 Å². The molecule has 0 radical (unpaired) electrons. The Morgan fingerprint density at radius 1 is 0.353 bits per heavy atom. The van der Waals surface area contributed by atoms with E-state index in [9.17, 15) is 108 Å². The second-order valence-corrected chi connectivity index (χ2v) is 32.4. The third-order valence-electron chi connectivity index (χ3n) is 15.8. The van der Waals surface area contributed by atoms with Crippen LogP contribution in [0.1, 0.15) is 45.7 Å². The summed E-state index contributed by atoms with van der Waals surface area (Å²) in [6.07, 6.45) is 7.21. The topological polar surface area (TPSA) is 662 Å². The molecule has 14 N–H and O–H groups in total. The van der Waals surface area contributed by atoms with Gasteiger partial charge in [0.1, 0.15) is 40.7 Å². The molecule has 0 atom stereocenters. The summed E-state index contributed by atoms with van der Waals surface area (Å²) in [6.45, 7) is 2.39. The Morgan fingerprint density at radius 3 is 1.04 bits per heavy atom. The number of fused-ring (bicyclic) bond motifs is 2. The first-order valence-corrected chi connectivity index (χ1v) is 40.8. The third kappa shape index (κ3) is 19.4. The molecular weight excluding hydrogens is 1650 g/mol. The molecule has 592 valence electrons. The summed E-state index contributed by atoms with van der Waals surface area (Å²) in [5, 5.41) is 55.4. The van der Waals surface area contributed by atoms with Crippen molar-refractivity contribution in [1.29, 1.82) is 0 Å². The summed E-state index contributed by atoms with van der Waals surface area (Å²) in [4.78, 5) is 65.8. The minimum Gasteiger partial charge on any atom is -0.497 e. The maximum absolute atomic E-state index is 13.2. The molecule has 4 heterocycles. The zero-order chi connectivity index (χ0) is 83.7. The number of aromatic carboxylic acids is 2. The van der Waals surface area contributed by atoms with Crippen molar-refractivity contribution >= 4 is 175 Å². The molecule has 8 aromatic carbocycles. The van der Waals surface area contributed by atoms with E-state index in [1.54, 1.807) is 0 Å². The normalized spacial score (nSPS) is 13.7. The molecule has 48 heteroatoms. The quantitative estimate of drug-likeness (QED) is 0.00753. The highest BCUT2D eigenvalue weighted by Gasteiger charge is 2.26. The number of carboxylic acid groups (broad SMARTS) is 2. The number of aliphatic hydroxyl groups is 2. The van der Waals surface area contributed by atoms with Gasteiger partial charge in [0.2, 0.25) is 0 Å². The van der Waals surface area contributed by atoms with Crippen LogP contribution in [0.5, 0.6) is 0 Å². The minimum atomic E-state index is -5.23. The first-order chi connectivity index (χ1) is 54.5. The Hall–Kier alpha value is -13.9. The van der Waals surface area contributed by atoms with E-state index in [1.807, 2.05) is 0 Å². The number of aliphatic imine (C=N–C) groups is 2. The van der Waals surface area contributed by atoms with Crippen LogP contribution in [0.4, 0.5) is 56.9 Å². The van der Waals surface area contributed by atoms with Crippen molar-refractivity contribution in [3.8, 4) is 11.9 Å². The van der Waals surface area contributed by atoms with Crippen LogP contribution in [-0.2, 0) is 60.7 Å². The standard InChI is InChI=1S/C68H50N18O24S6/c1-35(87)69-53-27-41(19-21-51(53)83-81-45-25-49-47(59(31-45)115(105,106)107)9-3-11-55(49)111(93,94)95)71-63-75-65(79-67(77-63)85-23-5-7-39(33-85)61(89)90)73-43-17-15-37(57(29-43)113(99,100)101)13-14-38-16-18-44(30-58(38)114(102,103)104)74-66-76-64(78-68(80-66)86-24-6-8-40(34-86)62(91)92)72-42-20-22-52(54(28-42)70-36(2)88)84-82-46-26-50-48(60(32-46)116(108,109)110)10-4-12-56(50)112(96,97)98/h3-34H,1-2H3,(H12-2,69,70,71,72,73,74,75,76,77,78,79,80,81,82,83,84,87,88,89,90,91,92,93,94,95,96,97,98,99,100,101,102,103,104,105,106,107,108,109,110)/p+2. The molecule has 0 spiro atoms. The Labute approximate surface area is 650 Å². The SMILES string of the molecule is CC(O)=Nc1cc(N=c2nc(-[n+]3cccc(C(=O)O)c3)[nH]c(=Nc3ccc(C=Cc4ccc(N=c5[nH]c(-[n+]6cccc(C(=O)O)c6)nc(=Nc6ccc(N=Nc7cc(S(=O)(=O)O)c8cccc(S(=O)(=O)O)c8c7)c(N=C(C)O)c6)[nH]5)cc4S(=O)(=O)O)c(S(=O)(=O)O)c3)[nH]2)ccc1N=Nc1cc(S(=O)(=O)O)c2cccc(S(=O)(=O)O)c2c1. The summed E-state index contributed by atoms with van der Waals surface area (Å²) in [7, 11) is -30.5. The molecule has 0 aliphatic carbocycles. The number of carbonyl (C=O) groups is 2. The lowest BCUT2D eigenvalue weighted by atomic mass is 10.1. The molecular formula is C68H52N18O24S6+2.